The second-order valence-electron chi connectivity index (χ2n) is 5.71. The molecule has 2 aromatic heterocycles. The molecule has 0 aromatic carbocycles. The number of hydrogen-bond donors (Lipinski definition) is 1. The number of rotatable bonds is 6. The molecule has 1 unspecified atom stereocenters. The van der Waals surface area contributed by atoms with Crippen molar-refractivity contribution in [1.82, 2.24) is 14.9 Å². The summed E-state index contributed by atoms with van der Waals surface area (Å²) in [6.45, 7) is 3.31. The molecule has 2 aromatic rings. The van der Waals surface area contributed by atoms with Gasteiger partial charge in [-0.05, 0) is 36.9 Å². The summed E-state index contributed by atoms with van der Waals surface area (Å²) in [5.41, 5.74) is 1.27. The molecule has 3 heterocycles. The summed E-state index contributed by atoms with van der Waals surface area (Å²) in [5, 5.41) is 4.09. The molecule has 0 spiro atoms. The van der Waals surface area contributed by atoms with Gasteiger partial charge in [0.2, 0.25) is 0 Å². The van der Waals surface area contributed by atoms with Crippen LogP contribution in [0, 0.1) is 5.92 Å². The van der Waals surface area contributed by atoms with Crippen LogP contribution in [0.15, 0.2) is 24.7 Å². The summed E-state index contributed by atoms with van der Waals surface area (Å²) in [5.74, 6) is 1.54. The molecule has 0 radical (unpaired) electrons. The van der Waals surface area contributed by atoms with Gasteiger partial charge < -0.3 is 10.1 Å². The molecule has 1 fully saturated rings. The van der Waals surface area contributed by atoms with Crippen LogP contribution in [0.4, 0.5) is 5.13 Å². The van der Waals surface area contributed by atoms with Crippen molar-refractivity contribution in [3.8, 4) is 5.75 Å². The maximum atomic E-state index is 5.25. The first kappa shape index (κ1) is 15.2. The van der Waals surface area contributed by atoms with E-state index in [9.17, 15) is 0 Å². The molecule has 1 atom stereocenters. The second kappa shape index (κ2) is 7.07. The lowest BCUT2D eigenvalue weighted by molar-refractivity contribution is 0.319. The third-order valence-electron chi connectivity index (χ3n) is 4.05. The van der Waals surface area contributed by atoms with Crippen LogP contribution in [0.3, 0.4) is 0 Å². The smallest absolute Gasteiger partial charge is 0.182 e. The minimum atomic E-state index is 0.700. The Labute approximate surface area is 135 Å². The minimum absolute atomic E-state index is 0.700. The monoisotopic (exact) mass is 318 g/mol. The van der Waals surface area contributed by atoms with Gasteiger partial charge >= 0.3 is 0 Å². The first-order chi connectivity index (χ1) is 10.8. The van der Waals surface area contributed by atoms with E-state index in [-0.39, 0.29) is 0 Å². The maximum Gasteiger partial charge on any atom is 0.182 e. The Morgan fingerprint density at radius 1 is 1.41 bits per heavy atom. The number of thiazole rings is 1. The van der Waals surface area contributed by atoms with Gasteiger partial charge in [-0.15, -0.1) is 11.3 Å². The Morgan fingerprint density at radius 2 is 2.32 bits per heavy atom. The predicted molar refractivity (Wildman–Crippen MR) is 89.5 cm³/mol. The largest absolute Gasteiger partial charge is 0.495 e. The summed E-state index contributed by atoms with van der Waals surface area (Å²) in [6.07, 6.45) is 8.01. The number of nitrogens with one attached hydrogen (secondary N) is 1. The van der Waals surface area contributed by atoms with Crippen LogP contribution in [0.5, 0.6) is 5.75 Å². The van der Waals surface area contributed by atoms with Crippen LogP contribution in [0.2, 0.25) is 0 Å². The lowest BCUT2D eigenvalue weighted by Crippen LogP contribution is -2.20. The number of anilines is 1. The van der Waals surface area contributed by atoms with E-state index < -0.39 is 0 Å². The summed E-state index contributed by atoms with van der Waals surface area (Å²) < 4.78 is 5.25. The van der Waals surface area contributed by atoms with E-state index >= 15 is 0 Å². The fourth-order valence-corrected chi connectivity index (χ4v) is 3.77. The number of ether oxygens (including phenoxy) is 1. The summed E-state index contributed by atoms with van der Waals surface area (Å²) >= 11 is 1.74. The van der Waals surface area contributed by atoms with Crippen molar-refractivity contribution in [2.75, 3.05) is 32.6 Å². The van der Waals surface area contributed by atoms with Crippen molar-refractivity contribution in [3.05, 3.63) is 35.1 Å². The lowest BCUT2D eigenvalue weighted by atomic mass is 10.00. The van der Waals surface area contributed by atoms with E-state index in [0.717, 1.165) is 36.9 Å². The van der Waals surface area contributed by atoms with Crippen molar-refractivity contribution >= 4 is 16.5 Å². The molecular formula is C16H22N4OS. The van der Waals surface area contributed by atoms with E-state index in [1.807, 2.05) is 19.4 Å². The quantitative estimate of drug-likeness (QED) is 0.887. The van der Waals surface area contributed by atoms with Gasteiger partial charge in [0, 0.05) is 37.4 Å². The number of hydrogen-bond acceptors (Lipinski definition) is 6. The highest BCUT2D eigenvalue weighted by Gasteiger charge is 2.23. The Morgan fingerprint density at radius 3 is 3.09 bits per heavy atom. The fourth-order valence-electron chi connectivity index (χ4n) is 2.96. The topological polar surface area (TPSA) is 50.3 Å². The van der Waals surface area contributed by atoms with Gasteiger partial charge in [-0.2, -0.15) is 0 Å². The predicted octanol–water partition coefficient (Wildman–Crippen LogP) is 2.65. The van der Waals surface area contributed by atoms with Crippen LogP contribution in [-0.2, 0) is 13.0 Å². The highest BCUT2D eigenvalue weighted by Crippen LogP contribution is 2.25. The molecule has 0 amide bonds. The van der Waals surface area contributed by atoms with Crippen LogP contribution >= 0.6 is 11.3 Å². The summed E-state index contributed by atoms with van der Waals surface area (Å²) in [4.78, 5) is 12.4. The second-order valence-corrected chi connectivity index (χ2v) is 6.82. The summed E-state index contributed by atoms with van der Waals surface area (Å²) in [6, 6.07) is 2.10. The van der Waals surface area contributed by atoms with Crippen molar-refractivity contribution in [2.45, 2.75) is 19.4 Å². The van der Waals surface area contributed by atoms with Gasteiger partial charge in [-0.3, -0.25) is 9.88 Å². The normalized spacial score (nSPS) is 18.5. The molecule has 118 valence electrons. The van der Waals surface area contributed by atoms with Gasteiger partial charge in [0.25, 0.3) is 0 Å². The van der Waals surface area contributed by atoms with E-state index in [1.54, 1.807) is 24.6 Å². The van der Waals surface area contributed by atoms with E-state index in [2.05, 4.69) is 26.3 Å². The molecule has 5 nitrogen and oxygen atoms in total. The van der Waals surface area contributed by atoms with Crippen molar-refractivity contribution < 1.29 is 4.74 Å². The number of likely N-dealkylation sites (tertiary alicyclic amines) is 1. The average Bonchev–Trinajstić information content (AvgIpc) is 3.17. The van der Waals surface area contributed by atoms with Gasteiger partial charge in [-0.1, -0.05) is 0 Å². The van der Waals surface area contributed by atoms with Crippen LogP contribution in [0.1, 0.15) is 16.9 Å². The molecule has 22 heavy (non-hydrogen) atoms. The standard InChI is InChI=1S/C16H22N4OS/c1-17-16-19-9-15(22-16)11-20-4-3-12(10-20)5-13-6-14(21-2)8-18-7-13/h6-9,12H,3-5,10-11H2,1-2H3,(H,17,19). The first-order valence-electron chi connectivity index (χ1n) is 7.59. The first-order valence-corrected chi connectivity index (χ1v) is 8.41. The van der Waals surface area contributed by atoms with Crippen molar-refractivity contribution in [2.24, 2.45) is 5.92 Å². The van der Waals surface area contributed by atoms with Gasteiger partial charge in [0.1, 0.15) is 5.75 Å². The zero-order valence-electron chi connectivity index (χ0n) is 13.1. The zero-order valence-corrected chi connectivity index (χ0v) is 13.9. The van der Waals surface area contributed by atoms with Crippen molar-refractivity contribution in [1.29, 1.82) is 0 Å². The van der Waals surface area contributed by atoms with Gasteiger partial charge in [0.15, 0.2) is 5.13 Å². The molecule has 1 saturated heterocycles. The third-order valence-corrected chi connectivity index (χ3v) is 5.05. The Bertz CT molecular complexity index is 616. The van der Waals surface area contributed by atoms with Crippen LogP contribution in [0.25, 0.3) is 0 Å². The van der Waals surface area contributed by atoms with Gasteiger partial charge in [-0.25, -0.2) is 4.98 Å². The molecule has 3 rings (SSSR count). The number of pyridine rings is 1. The zero-order chi connectivity index (χ0) is 15.4. The molecule has 0 aliphatic carbocycles. The maximum absolute atomic E-state index is 5.25. The number of methoxy groups -OCH3 is 1. The molecule has 6 heteroatoms. The highest BCUT2D eigenvalue weighted by atomic mass is 32.1. The number of nitrogens with zero attached hydrogens (tertiary/aromatic N) is 3. The average molecular weight is 318 g/mol. The summed E-state index contributed by atoms with van der Waals surface area (Å²) in [7, 11) is 3.60. The molecule has 0 saturated carbocycles. The van der Waals surface area contributed by atoms with E-state index in [0.29, 0.717) is 5.92 Å². The van der Waals surface area contributed by atoms with Gasteiger partial charge in [0.05, 0.1) is 13.3 Å². The molecule has 1 aliphatic rings. The van der Waals surface area contributed by atoms with Crippen LogP contribution in [-0.4, -0.2) is 42.1 Å². The SMILES string of the molecule is CNc1ncc(CN2CCC(Cc3cncc(OC)c3)C2)s1. The van der Waals surface area contributed by atoms with E-state index in [1.165, 1.54) is 16.9 Å². The molecule has 1 aliphatic heterocycles. The Balaban J connectivity index is 1.53. The molecular weight excluding hydrogens is 296 g/mol. The van der Waals surface area contributed by atoms with Crippen molar-refractivity contribution in [3.63, 3.8) is 0 Å². The Hall–Kier alpha value is -1.66. The minimum Gasteiger partial charge on any atom is -0.495 e. The number of aromatic nitrogens is 2. The highest BCUT2D eigenvalue weighted by molar-refractivity contribution is 7.15. The van der Waals surface area contributed by atoms with Crippen LogP contribution < -0.4 is 10.1 Å². The lowest BCUT2D eigenvalue weighted by Gasteiger charge is -2.14. The fraction of sp³-hybridized carbons (Fsp3) is 0.500. The Kier molecular flexibility index (Phi) is 4.90. The molecule has 0 bridgehead atoms. The molecule has 1 N–H and O–H groups in total. The third kappa shape index (κ3) is 3.75. The van der Waals surface area contributed by atoms with E-state index in [4.69, 9.17) is 4.74 Å².